The standard InChI is InChI=1S/C28H22BrCl2N3O4/c1-28(16-17-7-9-18(29)10-8-17)26(37)34(21-14-19(30)13-20(31)15-21)27(38)33(28)12-4-11-32-24(35)22-5-2-3-6-23(22)25(32)36/h2-3,5-10,13-15H,4,11-12,16H2,1H3/t28-/m1/s1. The van der Waals surface area contributed by atoms with Crippen LogP contribution in [-0.2, 0) is 11.2 Å². The van der Waals surface area contributed by atoms with E-state index in [2.05, 4.69) is 15.9 Å². The number of hydrogen-bond acceptors (Lipinski definition) is 4. The second kappa shape index (κ2) is 10.2. The second-order valence-corrected chi connectivity index (χ2v) is 11.2. The van der Waals surface area contributed by atoms with E-state index in [1.807, 2.05) is 24.3 Å². The third-order valence-electron chi connectivity index (χ3n) is 6.89. The minimum absolute atomic E-state index is 0.113. The summed E-state index contributed by atoms with van der Waals surface area (Å²) in [5.41, 5.74) is 0.667. The highest BCUT2D eigenvalue weighted by Crippen LogP contribution is 2.37. The molecule has 0 unspecified atom stereocenters. The largest absolute Gasteiger partial charge is 0.332 e. The molecule has 0 bridgehead atoms. The van der Waals surface area contributed by atoms with Crippen molar-refractivity contribution in [1.82, 2.24) is 9.80 Å². The number of anilines is 1. The highest BCUT2D eigenvalue weighted by atomic mass is 79.9. The number of benzene rings is 3. The van der Waals surface area contributed by atoms with Crippen LogP contribution in [0.1, 0.15) is 39.6 Å². The lowest BCUT2D eigenvalue weighted by Crippen LogP contribution is -2.49. The predicted molar refractivity (Wildman–Crippen MR) is 149 cm³/mol. The van der Waals surface area contributed by atoms with Gasteiger partial charge in [-0.25, -0.2) is 9.69 Å². The summed E-state index contributed by atoms with van der Waals surface area (Å²) >= 11 is 15.8. The van der Waals surface area contributed by atoms with Gasteiger partial charge in [0, 0.05) is 34.0 Å². The maximum Gasteiger partial charge on any atom is 0.332 e. The average molecular weight is 615 g/mol. The molecule has 3 aromatic carbocycles. The van der Waals surface area contributed by atoms with Crippen molar-refractivity contribution in [2.24, 2.45) is 0 Å². The molecule has 5 rings (SSSR count). The Balaban J connectivity index is 1.42. The summed E-state index contributed by atoms with van der Waals surface area (Å²) in [4.78, 5) is 56.9. The van der Waals surface area contributed by atoms with Crippen molar-refractivity contribution in [2.75, 3.05) is 18.0 Å². The minimum atomic E-state index is -1.22. The SMILES string of the molecule is C[C@@]1(Cc2ccc(Br)cc2)C(=O)N(c2cc(Cl)cc(Cl)c2)C(=O)N1CCCN1C(=O)c2ccccc2C1=O. The summed E-state index contributed by atoms with van der Waals surface area (Å²) in [5, 5.41) is 0.596. The molecule has 7 nitrogen and oxygen atoms in total. The summed E-state index contributed by atoms with van der Waals surface area (Å²) in [6, 6.07) is 18.3. The van der Waals surface area contributed by atoms with Crippen LogP contribution in [0.25, 0.3) is 0 Å². The van der Waals surface area contributed by atoms with Gasteiger partial charge in [-0.3, -0.25) is 19.3 Å². The maximum atomic E-state index is 13.9. The molecule has 0 spiro atoms. The first kappa shape index (κ1) is 26.4. The molecule has 0 aromatic heterocycles. The monoisotopic (exact) mass is 613 g/mol. The van der Waals surface area contributed by atoms with Gasteiger partial charge in [-0.15, -0.1) is 0 Å². The first-order valence-corrected chi connectivity index (χ1v) is 13.5. The first-order valence-electron chi connectivity index (χ1n) is 11.9. The van der Waals surface area contributed by atoms with Crippen LogP contribution in [-0.4, -0.2) is 52.2 Å². The van der Waals surface area contributed by atoms with Gasteiger partial charge >= 0.3 is 6.03 Å². The Labute approximate surface area is 238 Å². The van der Waals surface area contributed by atoms with Gasteiger partial charge in [0.05, 0.1) is 16.8 Å². The first-order chi connectivity index (χ1) is 18.1. The van der Waals surface area contributed by atoms with E-state index >= 15 is 0 Å². The Hall–Kier alpha value is -3.20. The van der Waals surface area contributed by atoms with Crippen LogP contribution in [0.2, 0.25) is 10.0 Å². The van der Waals surface area contributed by atoms with Crippen LogP contribution < -0.4 is 4.90 Å². The van der Waals surface area contributed by atoms with Gasteiger partial charge < -0.3 is 4.90 Å². The van der Waals surface area contributed by atoms with Gasteiger partial charge in [0.25, 0.3) is 17.7 Å². The molecule has 1 atom stereocenters. The molecule has 194 valence electrons. The Morgan fingerprint density at radius 2 is 1.39 bits per heavy atom. The van der Waals surface area contributed by atoms with Gasteiger partial charge in [-0.05, 0) is 61.4 Å². The van der Waals surface area contributed by atoms with Crippen molar-refractivity contribution < 1.29 is 19.2 Å². The lowest BCUT2D eigenvalue weighted by Gasteiger charge is -2.32. The molecule has 0 N–H and O–H groups in total. The van der Waals surface area contributed by atoms with Crippen molar-refractivity contribution >= 4 is 68.6 Å². The summed E-state index contributed by atoms with van der Waals surface area (Å²) in [7, 11) is 0. The smallest absolute Gasteiger partial charge is 0.309 e. The number of amides is 5. The van der Waals surface area contributed by atoms with Gasteiger partial charge in [-0.1, -0.05) is 63.4 Å². The zero-order valence-electron chi connectivity index (χ0n) is 20.3. The zero-order chi connectivity index (χ0) is 27.2. The van der Waals surface area contributed by atoms with Crippen LogP contribution >= 0.6 is 39.1 Å². The van der Waals surface area contributed by atoms with Crippen LogP contribution in [0, 0.1) is 0 Å². The summed E-state index contributed by atoms with van der Waals surface area (Å²) in [5.74, 6) is -1.13. The molecule has 1 fully saturated rings. The molecule has 0 radical (unpaired) electrons. The molecule has 0 aliphatic carbocycles. The molecule has 0 saturated carbocycles. The van der Waals surface area contributed by atoms with Crippen molar-refractivity contribution in [3.05, 3.63) is 97.9 Å². The number of carbonyl (C=O) groups is 4. The highest BCUT2D eigenvalue weighted by Gasteiger charge is 2.54. The van der Waals surface area contributed by atoms with E-state index in [0.717, 1.165) is 14.9 Å². The maximum absolute atomic E-state index is 13.9. The van der Waals surface area contributed by atoms with Crippen LogP contribution in [0.5, 0.6) is 0 Å². The number of hydrogen-bond donors (Lipinski definition) is 0. The molecule has 38 heavy (non-hydrogen) atoms. The Kier molecular flexibility index (Phi) is 7.07. The van der Waals surface area contributed by atoms with E-state index < -0.39 is 17.5 Å². The van der Waals surface area contributed by atoms with Crippen LogP contribution in [0.3, 0.4) is 0 Å². The van der Waals surface area contributed by atoms with Crippen molar-refractivity contribution in [1.29, 1.82) is 0 Å². The van der Waals surface area contributed by atoms with Gasteiger partial charge in [0.2, 0.25) is 0 Å². The average Bonchev–Trinajstić information content (AvgIpc) is 3.22. The second-order valence-electron chi connectivity index (χ2n) is 9.44. The van der Waals surface area contributed by atoms with Gasteiger partial charge in [0.1, 0.15) is 5.54 Å². The molecule has 10 heteroatoms. The molecule has 2 aliphatic rings. The van der Waals surface area contributed by atoms with E-state index in [9.17, 15) is 19.2 Å². The number of urea groups is 1. The number of nitrogens with zero attached hydrogens (tertiary/aromatic N) is 3. The van der Waals surface area contributed by atoms with E-state index in [1.54, 1.807) is 31.2 Å². The van der Waals surface area contributed by atoms with Crippen molar-refractivity contribution in [2.45, 2.75) is 25.3 Å². The highest BCUT2D eigenvalue weighted by molar-refractivity contribution is 9.10. The topological polar surface area (TPSA) is 78.0 Å². The molecule has 5 amide bonds. The predicted octanol–water partition coefficient (Wildman–Crippen LogP) is 6.21. The summed E-state index contributed by atoms with van der Waals surface area (Å²) in [6.07, 6.45) is 0.563. The lowest BCUT2D eigenvalue weighted by atomic mass is 9.91. The molecule has 1 saturated heterocycles. The molecule has 2 aliphatic heterocycles. The number of fused-ring (bicyclic) bond motifs is 1. The third-order valence-corrected chi connectivity index (χ3v) is 7.86. The zero-order valence-corrected chi connectivity index (χ0v) is 23.4. The van der Waals surface area contributed by atoms with Crippen LogP contribution in [0.15, 0.2) is 71.2 Å². The fourth-order valence-electron chi connectivity index (χ4n) is 5.01. The molecule has 3 aromatic rings. The summed E-state index contributed by atoms with van der Waals surface area (Å²) < 4.78 is 0.897. The van der Waals surface area contributed by atoms with E-state index in [1.165, 1.54) is 28.0 Å². The van der Waals surface area contributed by atoms with Crippen molar-refractivity contribution in [3.63, 3.8) is 0 Å². The Morgan fingerprint density at radius 3 is 1.97 bits per heavy atom. The van der Waals surface area contributed by atoms with E-state index in [0.29, 0.717) is 27.6 Å². The fourth-order valence-corrected chi connectivity index (χ4v) is 5.79. The Bertz CT molecular complexity index is 1420. The lowest BCUT2D eigenvalue weighted by molar-refractivity contribution is -0.124. The Morgan fingerprint density at radius 1 is 0.816 bits per heavy atom. The van der Waals surface area contributed by atoms with Crippen molar-refractivity contribution in [3.8, 4) is 0 Å². The number of halogens is 3. The van der Waals surface area contributed by atoms with E-state index in [-0.39, 0.29) is 37.0 Å². The number of imide groups is 2. The van der Waals surface area contributed by atoms with Gasteiger partial charge in [-0.2, -0.15) is 0 Å². The molecular formula is C28H22BrCl2N3O4. The number of rotatable bonds is 7. The number of carbonyl (C=O) groups excluding carboxylic acids is 4. The molecular weight excluding hydrogens is 593 g/mol. The normalized spacial score (nSPS) is 19.1. The minimum Gasteiger partial charge on any atom is -0.309 e. The third kappa shape index (κ3) is 4.61. The van der Waals surface area contributed by atoms with Gasteiger partial charge in [0.15, 0.2) is 0 Å². The summed E-state index contributed by atoms with van der Waals surface area (Å²) in [6.45, 7) is 1.99. The van der Waals surface area contributed by atoms with E-state index in [4.69, 9.17) is 23.2 Å². The van der Waals surface area contributed by atoms with Crippen LogP contribution in [0.4, 0.5) is 10.5 Å². The molecule has 2 heterocycles. The quantitative estimate of drug-likeness (QED) is 0.234. The fraction of sp³-hybridized carbons (Fsp3) is 0.214.